The number of methoxy groups -OCH3 is 1. The fourth-order valence-electron chi connectivity index (χ4n) is 4.53. The summed E-state index contributed by atoms with van der Waals surface area (Å²) in [6.07, 6.45) is 7.02. The average Bonchev–Trinajstić information content (AvgIpc) is 3.21. The summed E-state index contributed by atoms with van der Waals surface area (Å²) < 4.78 is 34.4. The van der Waals surface area contributed by atoms with E-state index < -0.39 is 9.84 Å². The number of aromatic nitrogens is 2. The molecule has 3 rings (SSSR count). The molecule has 0 saturated heterocycles. The zero-order valence-electron chi connectivity index (χ0n) is 20.8. The van der Waals surface area contributed by atoms with Gasteiger partial charge >= 0.3 is 0 Å². The zero-order valence-corrected chi connectivity index (χ0v) is 22.4. The SMILES string of the molecule is COCCN(Cc1cnc(S(=O)(=O)Cc2cccc(C)c2)n1C1CCCCC1)C(=S)NC(C)C. The van der Waals surface area contributed by atoms with Gasteiger partial charge in [0.05, 0.1) is 30.8 Å². The van der Waals surface area contributed by atoms with Crippen LogP contribution < -0.4 is 5.32 Å². The highest BCUT2D eigenvalue weighted by molar-refractivity contribution is 7.90. The Balaban J connectivity index is 1.96. The molecule has 1 aromatic heterocycles. The molecule has 34 heavy (non-hydrogen) atoms. The molecular formula is C25H38N4O3S2. The topological polar surface area (TPSA) is 76.5 Å². The Kier molecular flexibility index (Phi) is 9.50. The molecule has 0 atom stereocenters. The molecule has 9 heteroatoms. The third kappa shape index (κ3) is 7.02. The first-order valence-corrected chi connectivity index (χ1v) is 14.2. The number of hydrogen-bond acceptors (Lipinski definition) is 5. The van der Waals surface area contributed by atoms with Gasteiger partial charge in [-0.15, -0.1) is 0 Å². The predicted octanol–water partition coefficient (Wildman–Crippen LogP) is 4.40. The summed E-state index contributed by atoms with van der Waals surface area (Å²) in [5.41, 5.74) is 2.70. The van der Waals surface area contributed by atoms with Gasteiger partial charge in [-0.25, -0.2) is 13.4 Å². The molecule has 188 valence electrons. The van der Waals surface area contributed by atoms with Crippen LogP contribution >= 0.6 is 12.2 Å². The van der Waals surface area contributed by atoms with Crippen molar-refractivity contribution in [1.82, 2.24) is 19.8 Å². The summed E-state index contributed by atoms with van der Waals surface area (Å²) in [4.78, 5) is 6.52. The van der Waals surface area contributed by atoms with Crippen LogP contribution in [0.25, 0.3) is 0 Å². The van der Waals surface area contributed by atoms with Crippen molar-refractivity contribution in [2.75, 3.05) is 20.3 Å². The van der Waals surface area contributed by atoms with Crippen LogP contribution in [0.1, 0.15) is 68.8 Å². The molecule has 2 aromatic rings. The van der Waals surface area contributed by atoms with Crippen LogP contribution in [0.3, 0.4) is 0 Å². The largest absolute Gasteiger partial charge is 0.383 e. The minimum atomic E-state index is -3.62. The van der Waals surface area contributed by atoms with E-state index in [1.807, 2.05) is 54.5 Å². The van der Waals surface area contributed by atoms with E-state index in [2.05, 4.69) is 10.3 Å². The van der Waals surface area contributed by atoms with Crippen molar-refractivity contribution in [2.24, 2.45) is 0 Å². The molecule has 1 heterocycles. The molecular weight excluding hydrogens is 468 g/mol. The molecule has 1 aliphatic rings. The molecule has 1 aromatic carbocycles. The molecule has 0 bridgehead atoms. The summed E-state index contributed by atoms with van der Waals surface area (Å²) in [6, 6.07) is 7.99. The Hall–Kier alpha value is -1.97. The minimum Gasteiger partial charge on any atom is -0.383 e. The fourth-order valence-corrected chi connectivity index (χ4v) is 6.45. The maximum atomic E-state index is 13.6. The van der Waals surface area contributed by atoms with E-state index in [0.717, 1.165) is 42.5 Å². The Morgan fingerprint density at radius 3 is 2.68 bits per heavy atom. The summed E-state index contributed by atoms with van der Waals surface area (Å²) in [7, 11) is -1.96. The lowest BCUT2D eigenvalue weighted by Crippen LogP contribution is -2.44. The normalized spacial score (nSPS) is 15.0. The molecule has 1 aliphatic carbocycles. The van der Waals surface area contributed by atoms with Gasteiger partial charge < -0.3 is 19.5 Å². The van der Waals surface area contributed by atoms with Crippen LogP contribution in [-0.4, -0.2) is 54.3 Å². The molecule has 0 unspecified atom stereocenters. The van der Waals surface area contributed by atoms with Crippen LogP contribution in [-0.2, 0) is 26.9 Å². The van der Waals surface area contributed by atoms with Gasteiger partial charge in [0, 0.05) is 25.7 Å². The molecule has 0 aliphatic heterocycles. The number of nitrogens with one attached hydrogen (secondary N) is 1. The van der Waals surface area contributed by atoms with Crippen LogP contribution in [0.2, 0.25) is 0 Å². The van der Waals surface area contributed by atoms with E-state index in [9.17, 15) is 8.42 Å². The van der Waals surface area contributed by atoms with Gasteiger partial charge in [0.15, 0.2) is 5.11 Å². The number of ether oxygens (including phenoxy) is 1. The van der Waals surface area contributed by atoms with Gasteiger partial charge in [0.1, 0.15) is 0 Å². The smallest absolute Gasteiger partial charge is 0.228 e. The first-order chi connectivity index (χ1) is 16.2. The zero-order chi connectivity index (χ0) is 24.7. The van der Waals surface area contributed by atoms with Gasteiger partial charge in [-0.05, 0) is 51.4 Å². The lowest BCUT2D eigenvalue weighted by molar-refractivity contribution is 0.172. The lowest BCUT2D eigenvalue weighted by atomic mass is 9.95. The van der Waals surface area contributed by atoms with Gasteiger partial charge in [-0.2, -0.15) is 0 Å². The number of aryl methyl sites for hydroxylation is 1. The van der Waals surface area contributed by atoms with Gasteiger partial charge in [-0.1, -0.05) is 49.1 Å². The fraction of sp³-hybridized carbons (Fsp3) is 0.600. The Labute approximate surface area is 209 Å². The van der Waals surface area contributed by atoms with Crippen molar-refractivity contribution in [3.8, 4) is 0 Å². The highest BCUT2D eigenvalue weighted by Crippen LogP contribution is 2.33. The molecule has 1 N–H and O–H groups in total. The number of rotatable bonds is 10. The van der Waals surface area contributed by atoms with Crippen LogP contribution in [0, 0.1) is 6.92 Å². The standard InChI is InChI=1S/C25H38N4O3S2/c1-19(2)27-24(33)28(13-14-32-4)17-23-16-26-25(29(23)22-11-6-5-7-12-22)34(30,31)18-21-10-8-9-20(3)15-21/h8-10,15-16,19,22H,5-7,11-14,17-18H2,1-4H3,(H,27,33). The molecule has 0 amide bonds. The van der Waals surface area contributed by atoms with Gasteiger partial charge in [-0.3, -0.25) is 0 Å². The maximum Gasteiger partial charge on any atom is 0.228 e. The molecule has 1 fully saturated rings. The number of thiocarbonyl (C=S) groups is 1. The van der Waals surface area contributed by atoms with E-state index in [1.165, 1.54) is 6.42 Å². The van der Waals surface area contributed by atoms with E-state index >= 15 is 0 Å². The quantitative estimate of drug-likeness (QED) is 0.479. The molecule has 0 spiro atoms. The number of benzene rings is 1. The number of imidazole rings is 1. The van der Waals surface area contributed by atoms with E-state index in [0.29, 0.717) is 24.8 Å². The van der Waals surface area contributed by atoms with Crippen molar-refractivity contribution in [2.45, 2.75) is 82.4 Å². The van der Waals surface area contributed by atoms with Crippen molar-refractivity contribution in [3.05, 3.63) is 47.3 Å². The first-order valence-electron chi connectivity index (χ1n) is 12.1. The summed E-state index contributed by atoms with van der Waals surface area (Å²) >= 11 is 5.65. The number of sulfone groups is 1. The Morgan fingerprint density at radius 1 is 1.29 bits per heavy atom. The van der Waals surface area contributed by atoms with Crippen LogP contribution in [0.15, 0.2) is 35.6 Å². The summed E-state index contributed by atoms with van der Waals surface area (Å²) in [6.45, 7) is 7.67. The van der Waals surface area contributed by atoms with Crippen molar-refractivity contribution >= 4 is 27.2 Å². The van der Waals surface area contributed by atoms with Gasteiger partial charge in [0.2, 0.25) is 15.0 Å². The van der Waals surface area contributed by atoms with Crippen LogP contribution in [0.4, 0.5) is 0 Å². The highest BCUT2D eigenvalue weighted by atomic mass is 32.2. The second kappa shape index (κ2) is 12.1. The van der Waals surface area contributed by atoms with Crippen molar-refractivity contribution < 1.29 is 13.2 Å². The monoisotopic (exact) mass is 506 g/mol. The van der Waals surface area contributed by atoms with Crippen LogP contribution in [0.5, 0.6) is 0 Å². The first kappa shape index (κ1) is 26.6. The Morgan fingerprint density at radius 2 is 2.03 bits per heavy atom. The van der Waals surface area contributed by atoms with E-state index in [4.69, 9.17) is 17.0 Å². The molecule has 1 saturated carbocycles. The third-order valence-electron chi connectivity index (χ3n) is 6.11. The average molecular weight is 507 g/mol. The minimum absolute atomic E-state index is 0.0570. The summed E-state index contributed by atoms with van der Waals surface area (Å²) in [5, 5.41) is 4.10. The Bertz CT molecular complexity index is 1060. The van der Waals surface area contributed by atoms with E-state index in [1.54, 1.807) is 13.3 Å². The second-order valence-electron chi connectivity index (χ2n) is 9.46. The van der Waals surface area contributed by atoms with E-state index in [-0.39, 0.29) is 23.0 Å². The summed E-state index contributed by atoms with van der Waals surface area (Å²) in [5.74, 6) is -0.0570. The molecule has 7 nitrogen and oxygen atoms in total. The third-order valence-corrected chi connectivity index (χ3v) is 8.06. The maximum absolute atomic E-state index is 13.6. The molecule has 0 radical (unpaired) electrons. The van der Waals surface area contributed by atoms with Crippen molar-refractivity contribution in [3.63, 3.8) is 0 Å². The van der Waals surface area contributed by atoms with Crippen molar-refractivity contribution in [1.29, 1.82) is 0 Å². The number of hydrogen-bond donors (Lipinski definition) is 1. The second-order valence-corrected chi connectivity index (χ2v) is 11.7. The van der Waals surface area contributed by atoms with Gasteiger partial charge in [0.25, 0.3) is 0 Å². The number of nitrogens with zero attached hydrogens (tertiary/aromatic N) is 3. The highest BCUT2D eigenvalue weighted by Gasteiger charge is 2.30. The predicted molar refractivity (Wildman–Crippen MR) is 140 cm³/mol. The lowest BCUT2D eigenvalue weighted by Gasteiger charge is -2.30.